The van der Waals surface area contributed by atoms with Gasteiger partial charge in [-0.2, -0.15) is 0 Å². The molecule has 0 aromatic heterocycles. The second-order valence-electron chi connectivity index (χ2n) is 4.60. The van der Waals surface area contributed by atoms with Crippen LogP contribution < -0.4 is 0 Å². The summed E-state index contributed by atoms with van der Waals surface area (Å²) in [6, 6.07) is 9.73. The van der Waals surface area contributed by atoms with E-state index in [4.69, 9.17) is 35.0 Å². The van der Waals surface area contributed by atoms with Gasteiger partial charge in [0.05, 0.1) is 18.3 Å². The Kier molecular flexibility index (Phi) is 5.42. The maximum absolute atomic E-state index is 9.15. The van der Waals surface area contributed by atoms with Gasteiger partial charge in [0, 0.05) is 13.5 Å². The molecular formula is C13H15B2O4P. The van der Waals surface area contributed by atoms with E-state index in [1.54, 1.807) is 7.11 Å². The first-order chi connectivity index (χ1) is 9.54. The molecular weight excluding hydrogens is 273 g/mol. The van der Waals surface area contributed by atoms with Crippen molar-refractivity contribution in [1.29, 1.82) is 0 Å². The number of methoxy groups -OCH3 is 1. The third-order valence-electron chi connectivity index (χ3n) is 3.39. The quantitative estimate of drug-likeness (QED) is 0.648. The van der Waals surface area contributed by atoms with Crippen molar-refractivity contribution in [2.45, 2.75) is 24.7 Å². The summed E-state index contributed by atoms with van der Waals surface area (Å²) in [5.41, 5.74) is 1.16. The molecule has 0 aliphatic carbocycles. The van der Waals surface area contributed by atoms with Crippen LogP contribution in [0.1, 0.15) is 18.1 Å². The van der Waals surface area contributed by atoms with Crippen LogP contribution in [-0.2, 0) is 9.47 Å². The van der Waals surface area contributed by atoms with E-state index in [0.717, 1.165) is 5.56 Å². The molecule has 0 spiro atoms. The molecule has 1 aromatic rings. The lowest BCUT2D eigenvalue weighted by molar-refractivity contribution is 0.0193. The molecule has 1 aliphatic heterocycles. The van der Waals surface area contributed by atoms with Crippen LogP contribution in [-0.4, -0.2) is 44.8 Å². The van der Waals surface area contributed by atoms with Gasteiger partial charge in [0.15, 0.2) is 8.38 Å². The molecule has 1 aromatic carbocycles. The van der Waals surface area contributed by atoms with Gasteiger partial charge < -0.3 is 19.3 Å². The van der Waals surface area contributed by atoms with Gasteiger partial charge in [-0.15, -0.1) is 0 Å². The van der Waals surface area contributed by atoms with Crippen molar-refractivity contribution in [3.63, 3.8) is 0 Å². The summed E-state index contributed by atoms with van der Waals surface area (Å²) in [5, 5.41) is -0.138. The van der Waals surface area contributed by atoms with Gasteiger partial charge >= 0.3 is 0 Å². The van der Waals surface area contributed by atoms with Gasteiger partial charge in [-0.1, -0.05) is 41.0 Å². The second kappa shape index (κ2) is 6.88. The standard InChI is InChI=1S/C13H15B2O4P/c1-18-10-7-9(8-5-3-2-4-6-8)19-12(10)11(14)13(15)20(16)17/h2-6,9-10,12,16-17H,7H2,1H3/b13-11-/t9?,10-,12?/m0/s1. The van der Waals surface area contributed by atoms with Crippen molar-refractivity contribution in [3.05, 3.63) is 46.6 Å². The molecule has 2 N–H and O–H groups in total. The maximum Gasteiger partial charge on any atom is 0.183 e. The van der Waals surface area contributed by atoms with E-state index < -0.39 is 14.5 Å². The van der Waals surface area contributed by atoms with Gasteiger partial charge in [-0.3, -0.25) is 0 Å². The third-order valence-corrected chi connectivity index (χ3v) is 4.08. The Hall–Kier alpha value is -0.640. The van der Waals surface area contributed by atoms with E-state index in [-0.39, 0.29) is 22.9 Å². The van der Waals surface area contributed by atoms with Crippen molar-refractivity contribution in [2.75, 3.05) is 7.11 Å². The fourth-order valence-corrected chi connectivity index (χ4v) is 2.65. The predicted molar refractivity (Wildman–Crippen MR) is 79.4 cm³/mol. The summed E-state index contributed by atoms with van der Waals surface area (Å²) < 4.78 is 11.3. The molecule has 20 heavy (non-hydrogen) atoms. The monoisotopic (exact) mass is 288 g/mol. The minimum atomic E-state index is -2.41. The van der Waals surface area contributed by atoms with Crippen molar-refractivity contribution < 1.29 is 19.3 Å². The van der Waals surface area contributed by atoms with Gasteiger partial charge in [-0.05, 0) is 5.56 Å². The average molecular weight is 288 g/mol. The third kappa shape index (κ3) is 3.33. The van der Waals surface area contributed by atoms with Crippen LogP contribution in [0.5, 0.6) is 0 Å². The molecule has 102 valence electrons. The summed E-state index contributed by atoms with van der Waals surface area (Å²) in [4.78, 5) is 18.3. The van der Waals surface area contributed by atoms with Crippen LogP contribution in [0.4, 0.5) is 0 Å². The summed E-state index contributed by atoms with van der Waals surface area (Å²) in [6.07, 6.45) is -0.363. The molecule has 4 radical (unpaired) electrons. The molecule has 1 saturated heterocycles. The van der Waals surface area contributed by atoms with Crippen LogP contribution >= 0.6 is 8.38 Å². The molecule has 1 heterocycles. The highest BCUT2D eigenvalue weighted by molar-refractivity contribution is 7.52. The SMILES string of the molecule is [B]/C(=C(/[B])P(O)O)C1OC(c2ccccc2)C[C@@H]1OC. The zero-order chi connectivity index (χ0) is 14.7. The lowest BCUT2D eigenvalue weighted by atomic mass is 9.82. The number of benzene rings is 1. The maximum atomic E-state index is 9.15. The molecule has 0 bridgehead atoms. The zero-order valence-electron chi connectivity index (χ0n) is 11.1. The summed E-state index contributed by atoms with van der Waals surface area (Å²) >= 11 is 0. The highest BCUT2D eigenvalue weighted by Gasteiger charge is 2.37. The first kappa shape index (κ1) is 15.7. The summed E-state index contributed by atoms with van der Waals surface area (Å²) in [6.45, 7) is 0. The number of rotatable bonds is 4. The van der Waals surface area contributed by atoms with Crippen molar-refractivity contribution in [1.82, 2.24) is 0 Å². The zero-order valence-corrected chi connectivity index (χ0v) is 12.0. The lowest BCUT2D eigenvalue weighted by Gasteiger charge is -2.21. The topological polar surface area (TPSA) is 58.9 Å². The highest BCUT2D eigenvalue weighted by atomic mass is 31.2. The Morgan fingerprint density at radius 2 is 1.95 bits per heavy atom. The minimum Gasteiger partial charge on any atom is -0.378 e. The molecule has 0 saturated carbocycles. The van der Waals surface area contributed by atoms with Gasteiger partial charge in [-0.25, -0.2) is 0 Å². The second-order valence-corrected chi connectivity index (χ2v) is 5.66. The van der Waals surface area contributed by atoms with Crippen molar-refractivity contribution in [3.8, 4) is 0 Å². The van der Waals surface area contributed by atoms with E-state index in [2.05, 4.69) is 0 Å². The van der Waals surface area contributed by atoms with E-state index in [1.807, 2.05) is 30.3 Å². The number of hydrogen-bond donors (Lipinski definition) is 2. The van der Waals surface area contributed by atoms with Gasteiger partial charge in [0.2, 0.25) is 0 Å². The number of hydrogen-bond acceptors (Lipinski definition) is 4. The molecule has 2 unspecified atom stereocenters. The van der Waals surface area contributed by atoms with Gasteiger partial charge in [0.25, 0.3) is 0 Å². The smallest absolute Gasteiger partial charge is 0.183 e. The van der Waals surface area contributed by atoms with Crippen molar-refractivity contribution >= 4 is 24.1 Å². The Morgan fingerprint density at radius 3 is 2.50 bits per heavy atom. The van der Waals surface area contributed by atoms with E-state index in [9.17, 15) is 0 Å². The molecule has 7 heteroatoms. The fourth-order valence-electron chi connectivity index (χ4n) is 2.29. The Balaban J connectivity index is 2.21. The molecule has 2 rings (SSSR count). The number of ether oxygens (including phenoxy) is 2. The Labute approximate surface area is 122 Å². The first-order valence-corrected chi connectivity index (χ1v) is 7.45. The van der Waals surface area contributed by atoms with Crippen molar-refractivity contribution in [2.24, 2.45) is 0 Å². The van der Waals surface area contributed by atoms with Gasteiger partial charge in [0.1, 0.15) is 15.7 Å². The van der Waals surface area contributed by atoms with Crippen LogP contribution in [0.2, 0.25) is 0 Å². The fraction of sp³-hybridized carbons (Fsp3) is 0.385. The van der Waals surface area contributed by atoms with Crippen LogP contribution in [0.3, 0.4) is 0 Å². The normalized spacial score (nSPS) is 27.7. The summed E-state index contributed by atoms with van der Waals surface area (Å²) in [7, 11) is 10.6. The molecule has 1 fully saturated rings. The predicted octanol–water partition coefficient (Wildman–Crippen LogP) is 1.33. The highest BCUT2D eigenvalue weighted by Crippen LogP contribution is 2.41. The van der Waals surface area contributed by atoms with E-state index >= 15 is 0 Å². The summed E-state index contributed by atoms with van der Waals surface area (Å²) in [5.74, 6) is 0. The average Bonchev–Trinajstić information content (AvgIpc) is 2.90. The molecule has 0 amide bonds. The van der Waals surface area contributed by atoms with Crippen LogP contribution in [0.15, 0.2) is 41.0 Å². The Bertz CT molecular complexity index is 481. The minimum absolute atomic E-state index is 0.131. The lowest BCUT2D eigenvalue weighted by Crippen LogP contribution is -2.26. The molecule has 1 aliphatic rings. The van der Waals surface area contributed by atoms with E-state index in [0.29, 0.717) is 6.42 Å². The largest absolute Gasteiger partial charge is 0.378 e. The van der Waals surface area contributed by atoms with E-state index in [1.165, 1.54) is 0 Å². The van der Waals surface area contributed by atoms with Crippen LogP contribution in [0, 0.1) is 0 Å². The first-order valence-electron chi connectivity index (χ1n) is 6.20. The molecule has 3 atom stereocenters. The molecule has 4 nitrogen and oxygen atoms in total. The Morgan fingerprint density at radius 1 is 1.30 bits per heavy atom. The van der Waals surface area contributed by atoms with Crippen LogP contribution in [0.25, 0.3) is 0 Å².